The van der Waals surface area contributed by atoms with Crippen molar-refractivity contribution in [1.82, 2.24) is 0 Å². The van der Waals surface area contributed by atoms with Crippen molar-refractivity contribution in [2.75, 3.05) is 5.88 Å². The molecule has 40 valence electrons. The van der Waals surface area contributed by atoms with Crippen LogP contribution in [0.4, 0.5) is 0 Å². The minimum atomic E-state index is -3.27. The second kappa shape index (κ2) is 1.19. The van der Waals surface area contributed by atoms with Gasteiger partial charge in [-0.2, -0.15) is 8.42 Å². The molecule has 0 aromatic rings. The quantitative estimate of drug-likeness (QED) is 0.399. The van der Waals surface area contributed by atoms with E-state index in [0.29, 0.717) is 0 Å². The molecule has 0 fully saturated rings. The summed E-state index contributed by atoms with van der Waals surface area (Å²) < 4.78 is 24.2. The molecule has 0 bridgehead atoms. The van der Waals surface area contributed by atoms with Crippen LogP contribution in [0.3, 0.4) is 0 Å². The molecule has 0 atom stereocenters. The Labute approximate surface area is 40.9 Å². The third kappa shape index (κ3) is 0.894. The monoisotopic (exact) mass is 121 g/mol. The topological polar surface area (TPSA) is 55.7 Å². The van der Waals surface area contributed by atoms with Gasteiger partial charge in [-0.15, -0.1) is 0 Å². The molecule has 1 aliphatic rings. The lowest BCUT2D eigenvalue weighted by molar-refractivity contribution is 0.505. The predicted octanol–water partition coefficient (Wildman–Crippen LogP) is -0.668. The van der Waals surface area contributed by atoms with Gasteiger partial charge in [0.2, 0.25) is 0 Å². The van der Waals surface area contributed by atoms with Gasteiger partial charge in [0.15, 0.2) is 12.3 Å². The Morgan fingerprint density at radius 3 is 2.57 bits per heavy atom. The maximum atomic E-state index is 10.1. The van der Waals surface area contributed by atoms with Crippen LogP contribution in [0.5, 0.6) is 0 Å². The highest BCUT2D eigenvalue weighted by Crippen LogP contribution is 1.96. The molecular formula is C2H3NO3S. The average Bonchev–Trinajstić information content (AvgIpc) is 1.84. The van der Waals surface area contributed by atoms with Crippen molar-refractivity contribution in [1.29, 1.82) is 0 Å². The van der Waals surface area contributed by atoms with E-state index in [1.54, 1.807) is 0 Å². The first kappa shape index (κ1) is 4.58. The van der Waals surface area contributed by atoms with Gasteiger partial charge in [0.25, 0.3) is 0 Å². The average molecular weight is 121 g/mol. The minimum Gasteiger partial charge on any atom is -0.369 e. The normalized spacial score (nSPS) is 24.6. The van der Waals surface area contributed by atoms with Gasteiger partial charge in [-0.25, -0.2) is 4.99 Å². The van der Waals surface area contributed by atoms with Crippen molar-refractivity contribution < 1.29 is 12.6 Å². The van der Waals surface area contributed by atoms with Crippen LogP contribution in [-0.4, -0.2) is 20.7 Å². The highest BCUT2D eigenvalue weighted by Gasteiger charge is 2.12. The SMILES string of the molecule is O=S1(=O)CN=CO1. The molecule has 0 amide bonds. The molecular weight excluding hydrogens is 118 g/mol. The van der Waals surface area contributed by atoms with Crippen molar-refractivity contribution in [3.05, 3.63) is 0 Å². The van der Waals surface area contributed by atoms with E-state index in [1.165, 1.54) is 0 Å². The van der Waals surface area contributed by atoms with Crippen molar-refractivity contribution in [2.45, 2.75) is 0 Å². The van der Waals surface area contributed by atoms with Crippen molar-refractivity contribution in [3.8, 4) is 0 Å². The van der Waals surface area contributed by atoms with Gasteiger partial charge in [0.1, 0.15) is 0 Å². The summed E-state index contributed by atoms with van der Waals surface area (Å²) in [6.07, 6.45) is 0.926. The molecule has 0 aromatic heterocycles. The molecule has 0 saturated carbocycles. The Morgan fingerprint density at radius 1 is 1.71 bits per heavy atom. The molecule has 0 unspecified atom stereocenters. The first-order chi connectivity index (χ1) is 3.21. The zero-order valence-electron chi connectivity index (χ0n) is 3.36. The number of nitrogens with zero attached hydrogens (tertiary/aromatic N) is 1. The van der Waals surface area contributed by atoms with E-state index in [2.05, 4.69) is 9.18 Å². The summed E-state index contributed by atoms with van der Waals surface area (Å²) in [5.41, 5.74) is 0. The third-order valence-electron chi connectivity index (χ3n) is 0.497. The molecule has 0 saturated heterocycles. The summed E-state index contributed by atoms with van der Waals surface area (Å²) in [6, 6.07) is 0. The van der Waals surface area contributed by atoms with E-state index >= 15 is 0 Å². The van der Waals surface area contributed by atoms with Crippen LogP contribution in [0.15, 0.2) is 4.99 Å². The molecule has 1 rings (SSSR count). The molecule has 4 nitrogen and oxygen atoms in total. The first-order valence-corrected chi connectivity index (χ1v) is 3.18. The Kier molecular flexibility index (Phi) is 0.780. The van der Waals surface area contributed by atoms with Crippen molar-refractivity contribution in [3.63, 3.8) is 0 Å². The lowest BCUT2D eigenvalue weighted by Crippen LogP contribution is -1.98. The van der Waals surface area contributed by atoms with Gasteiger partial charge >= 0.3 is 10.1 Å². The molecule has 1 aliphatic heterocycles. The predicted molar refractivity (Wildman–Crippen MR) is 23.4 cm³/mol. The summed E-state index contributed by atoms with van der Waals surface area (Å²) in [6.45, 7) is 0. The molecule has 0 aliphatic carbocycles. The fourth-order valence-corrected chi connectivity index (χ4v) is 0.744. The maximum absolute atomic E-state index is 10.1. The van der Waals surface area contributed by atoms with Crippen LogP contribution in [-0.2, 0) is 14.3 Å². The van der Waals surface area contributed by atoms with E-state index in [1.807, 2.05) is 0 Å². The summed E-state index contributed by atoms with van der Waals surface area (Å²) >= 11 is 0. The molecule has 0 aromatic carbocycles. The lowest BCUT2D eigenvalue weighted by atomic mass is 11.3. The van der Waals surface area contributed by atoms with Gasteiger partial charge in [0.05, 0.1) is 0 Å². The van der Waals surface area contributed by atoms with Crippen LogP contribution >= 0.6 is 0 Å². The van der Waals surface area contributed by atoms with Gasteiger partial charge < -0.3 is 4.18 Å². The third-order valence-corrected chi connectivity index (χ3v) is 1.34. The Bertz CT molecular complexity index is 165. The highest BCUT2D eigenvalue weighted by atomic mass is 32.2. The molecule has 0 spiro atoms. The fraction of sp³-hybridized carbons (Fsp3) is 0.500. The zero-order chi connectivity index (χ0) is 5.33. The van der Waals surface area contributed by atoms with E-state index in [0.717, 1.165) is 6.40 Å². The van der Waals surface area contributed by atoms with Crippen LogP contribution < -0.4 is 0 Å². The zero-order valence-corrected chi connectivity index (χ0v) is 4.18. The van der Waals surface area contributed by atoms with Gasteiger partial charge in [-0.1, -0.05) is 0 Å². The van der Waals surface area contributed by atoms with Crippen LogP contribution in [0.1, 0.15) is 0 Å². The lowest BCUT2D eigenvalue weighted by Gasteiger charge is -1.83. The number of rotatable bonds is 0. The number of hydrogen-bond donors (Lipinski definition) is 0. The number of aliphatic imine (C=N–C) groups is 1. The number of hydrogen-bond acceptors (Lipinski definition) is 4. The van der Waals surface area contributed by atoms with E-state index < -0.39 is 10.1 Å². The smallest absolute Gasteiger partial charge is 0.330 e. The molecule has 0 radical (unpaired) electrons. The Balaban J connectivity index is 2.88. The van der Waals surface area contributed by atoms with Gasteiger partial charge in [-0.3, -0.25) is 0 Å². The summed E-state index contributed by atoms with van der Waals surface area (Å²) in [5.74, 6) is -0.229. The van der Waals surface area contributed by atoms with E-state index in [4.69, 9.17) is 0 Å². The van der Waals surface area contributed by atoms with Crippen LogP contribution in [0.25, 0.3) is 0 Å². The van der Waals surface area contributed by atoms with Crippen molar-refractivity contribution >= 4 is 16.5 Å². The Morgan fingerprint density at radius 2 is 2.43 bits per heavy atom. The summed E-state index contributed by atoms with van der Waals surface area (Å²) in [4.78, 5) is 3.30. The second-order valence-corrected chi connectivity index (χ2v) is 2.64. The molecule has 7 heavy (non-hydrogen) atoms. The van der Waals surface area contributed by atoms with Gasteiger partial charge in [-0.05, 0) is 0 Å². The summed E-state index contributed by atoms with van der Waals surface area (Å²) in [7, 11) is -3.27. The molecule has 1 heterocycles. The second-order valence-electron chi connectivity index (χ2n) is 1.07. The molecule has 0 N–H and O–H groups in total. The largest absolute Gasteiger partial charge is 0.369 e. The van der Waals surface area contributed by atoms with Crippen molar-refractivity contribution in [2.24, 2.45) is 4.99 Å². The van der Waals surface area contributed by atoms with E-state index in [-0.39, 0.29) is 5.88 Å². The van der Waals surface area contributed by atoms with Crippen LogP contribution in [0, 0.1) is 0 Å². The fourth-order valence-electron chi connectivity index (χ4n) is 0.248. The summed E-state index contributed by atoms with van der Waals surface area (Å²) in [5, 5.41) is 0. The minimum absolute atomic E-state index is 0.229. The van der Waals surface area contributed by atoms with E-state index in [9.17, 15) is 8.42 Å². The van der Waals surface area contributed by atoms with Crippen LogP contribution in [0.2, 0.25) is 0 Å². The molecule has 5 heteroatoms. The first-order valence-electron chi connectivity index (χ1n) is 1.60. The van der Waals surface area contributed by atoms with Gasteiger partial charge in [0, 0.05) is 0 Å². The highest BCUT2D eigenvalue weighted by molar-refractivity contribution is 7.87. The standard InChI is InChI=1S/C2H3NO3S/c4-7(5)2-3-1-6-7/h1H,2H2. The Hall–Kier alpha value is -0.580. The maximum Gasteiger partial charge on any atom is 0.330 e.